The van der Waals surface area contributed by atoms with Crippen molar-refractivity contribution in [3.05, 3.63) is 18.2 Å². The van der Waals surface area contributed by atoms with Crippen molar-refractivity contribution in [3.63, 3.8) is 0 Å². The molecule has 0 radical (unpaired) electrons. The molecule has 106 valence electrons. The van der Waals surface area contributed by atoms with Gasteiger partial charge in [-0.1, -0.05) is 6.92 Å². The summed E-state index contributed by atoms with van der Waals surface area (Å²) in [5.41, 5.74) is 7.69. The number of nitrogen functional groups attached to an aromatic ring is 1. The number of benzene rings is 1. The molecule has 0 spiro atoms. The molecule has 1 atom stereocenters. The van der Waals surface area contributed by atoms with Crippen molar-refractivity contribution in [1.29, 1.82) is 0 Å². The molecule has 0 aliphatic carbocycles. The zero-order valence-electron chi connectivity index (χ0n) is 12.0. The monoisotopic (exact) mass is 263 g/mol. The Hall–Kier alpha value is -1.42. The molecule has 1 aliphatic heterocycles. The van der Waals surface area contributed by atoms with Crippen molar-refractivity contribution < 1.29 is 4.74 Å². The second-order valence-electron chi connectivity index (χ2n) is 5.06. The Bertz CT molecular complexity index is 408. The summed E-state index contributed by atoms with van der Waals surface area (Å²) >= 11 is 0. The average molecular weight is 263 g/mol. The highest BCUT2D eigenvalue weighted by Gasteiger charge is 2.18. The second-order valence-corrected chi connectivity index (χ2v) is 5.06. The highest BCUT2D eigenvalue weighted by molar-refractivity contribution is 5.61. The SMILES string of the molecule is CCOc1cc(NC2CCCN(CC)C2)ccc1N. The van der Waals surface area contributed by atoms with Crippen LogP contribution in [0.3, 0.4) is 0 Å². The molecule has 1 unspecified atom stereocenters. The van der Waals surface area contributed by atoms with E-state index in [1.807, 2.05) is 25.1 Å². The van der Waals surface area contributed by atoms with Gasteiger partial charge in [-0.15, -0.1) is 0 Å². The molecule has 1 fully saturated rings. The van der Waals surface area contributed by atoms with Crippen LogP contribution in [0.15, 0.2) is 18.2 Å². The normalized spacial score (nSPS) is 20.2. The fourth-order valence-electron chi connectivity index (χ4n) is 2.60. The largest absolute Gasteiger partial charge is 0.492 e. The second kappa shape index (κ2) is 6.66. The van der Waals surface area contributed by atoms with E-state index in [-0.39, 0.29) is 0 Å². The molecule has 19 heavy (non-hydrogen) atoms. The number of anilines is 2. The number of likely N-dealkylation sites (tertiary alicyclic amines) is 1. The molecule has 4 nitrogen and oxygen atoms in total. The quantitative estimate of drug-likeness (QED) is 0.802. The van der Waals surface area contributed by atoms with Gasteiger partial charge < -0.3 is 20.7 Å². The Morgan fingerprint density at radius 2 is 2.26 bits per heavy atom. The van der Waals surface area contributed by atoms with E-state index in [1.54, 1.807) is 0 Å². The summed E-state index contributed by atoms with van der Waals surface area (Å²) in [6, 6.07) is 6.46. The molecular formula is C15H25N3O. The number of nitrogens with two attached hydrogens (primary N) is 1. The summed E-state index contributed by atoms with van der Waals surface area (Å²) in [7, 11) is 0. The third-order valence-electron chi connectivity index (χ3n) is 3.64. The van der Waals surface area contributed by atoms with Crippen LogP contribution in [-0.2, 0) is 0 Å². The van der Waals surface area contributed by atoms with Gasteiger partial charge in [0.05, 0.1) is 12.3 Å². The maximum atomic E-state index is 5.89. The van der Waals surface area contributed by atoms with Gasteiger partial charge in [0.25, 0.3) is 0 Å². The van der Waals surface area contributed by atoms with Crippen molar-refractivity contribution in [1.82, 2.24) is 4.90 Å². The van der Waals surface area contributed by atoms with Crippen molar-refractivity contribution >= 4 is 11.4 Å². The van der Waals surface area contributed by atoms with E-state index in [1.165, 1.54) is 19.4 Å². The topological polar surface area (TPSA) is 50.5 Å². The lowest BCUT2D eigenvalue weighted by molar-refractivity contribution is 0.227. The Balaban J connectivity index is 2.00. The maximum Gasteiger partial charge on any atom is 0.144 e. The highest BCUT2D eigenvalue weighted by atomic mass is 16.5. The van der Waals surface area contributed by atoms with Gasteiger partial charge >= 0.3 is 0 Å². The number of nitrogens with one attached hydrogen (secondary N) is 1. The van der Waals surface area contributed by atoms with Crippen LogP contribution in [0, 0.1) is 0 Å². The molecule has 0 saturated carbocycles. The molecule has 0 amide bonds. The van der Waals surface area contributed by atoms with Crippen LogP contribution in [0.4, 0.5) is 11.4 Å². The van der Waals surface area contributed by atoms with Gasteiger partial charge in [0, 0.05) is 24.3 Å². The van der Waals surface area contributed by atoms with Crippen molar-refractivity contribution in [2.45, 2.75) is 32.7 Å². The first-order chi connectivity index (χ1) is 9.22. The van der Waals surface area contributed by atoms with Gasteiger partial charge in [-0.25, -0.2) is 0 Å². The number of ether oxygens (including phenoxy) is 1. The van der Waals surface area contributed by atoms with Crippen LogP contribution in [0.25, 0.3) is 0 Å². The van der Waals surface area contributed by atoms with Gasteiger partial charge in [0.1, 0.15) is 5.75 Å². The lowest BCUT2D eigenvalue weighted by Crippen LogP contribution is -2.41. The molecule has 3 N–H and O–H groups in total. The molecule has 1 saturated heterocycles. The van der Waals surface area contributed by atoms with E-state index >= 15 is 0 Å². The lowest BCUT2D eigenvalue weighted by atomic mass is 10.1. The first-order valence-corrected chi connectivity index (χ1v) is 7.24. The van der Waals surface area contributed by atoms with E-state index in [4.69, 9.17) is 10.5 Å². The summed E-state index contributed by atoms with van der Waals surface area (Å²) < 4.78 is 5.53. The number of hydrogen-bond donors (Lipinski definition) is 2. The van der Waals surface area contributed by atoms with Crippen LogP contribution < -0.4 is 15.8 Å². The molecule has 0 bridgehead atoms. The zero-order valence-corrected chi connectivity index (χ0v) is 12.0. The highest BCUT2D eigenvalue weighted by Crippen LogP contribution is 2.26. The predicted molar refractivity (Wildman–Crippen MR) is 80.8 cm³/mol. The van der Waals surface area contributed by atoms with Crippen molar-refractivity contribution in [2.75, 3.05) is 37.3 Å². The smallest absolute Gasteiger partial charge is 0.144 e. The fraction of sp³-hybridized carbons (Fsp3) is 0.600. The molecule has 1 aromatic rings. The minimum Gasteiger partial charge on any atom is -0.492 e. The molecule has 1 heterocycles. The predicted octanol–water partition coefficient (Wildman–Crippen LogP) is 2.56. The first kappa shape index (κ1) is 14.0. The van der Waals surface area contributed by atoms with E-state index in [2.05, 4.69) is 17.1 Å². The molecule has 0 aromatic heterocycles. The van der Waals surface area contributed by atoms with Crippen LogP contribution >= 0.6 is 0 Å². The van der Waals surface area contributed by atoms with Gasteiger partial charge in [0.15, 0.2) is 0 Å². The summed E-state index contributed by atoms with van der Waals surface area (Å²) in [4.78, 5) is 2.49. The number of piperidine rings is 1. The minimum atomic E-state index is 0.520. The third-order valence-corrected chi connectivity index (χ3v) is 3.64. The molecule has 1 aromatic carbocycles. The van der Waals surface area contributed by atoms with E-state index < -0.39 is 0 Å². The van der Waals surface area contributed by atoms with Crippen molar-refractivity contribution in [2.24, 2.45) is 0 Å². The number of nitrogens with zero attached hydrogens (tertiary/aromatic N) is 1. The first-order valence-electron chi connectivity index (χ1n) is 7.24. The maximum absolute atomic E-state index is 5.89. The average Bonchev–Trinajstić information content (AvgIpc) is 2.43. The summed E-state index contributed by atoms with van der Waals surface area (Å²) in [5.74, 6) is 0.774. The number of hydrogen-bond acceptors (Lipinski definition) is 4. The molecule has 2 rings (SSSR count). The van der Waals surface area contributed by atoms with Gasteiger partial charge in [-0.3, -0.25) is 0 Å². The van der Waals surface area contributed by atoms with Crippen LogP contribution in [0.5, 0.6) is 5.75 Å². The molecule has 1 aliphatic rings. The lowest BCUT2D eigenvalue weighted by Gasteiger charge is -2.32. The summed E-state index contributed by atoms with van der Waals surface area (Å²) in [5, 5.41) is 3.59. The van der Waals surface area contributed by atoms with Gasteiger partial charge in [-0.2, -0.15) is 0 Å². The summed E-state index contributed by atoms with van der Waals surface area (Å²) in [6.45, 7) is 8.30. The van der Waals surface area contributed by atoms with E-state index in [0.29, 0.717) is 18.3 Å². The number of rotatable bonds is 5. The summed E-state index contributed by atoms with van der Waals surface area (Å²) in [6.07, 6.45) is 2.49. The number of likely N-dealkylation sites (N-methyl/N-ethyl adjacent to an activating group) is 1. The van der Waals surface area contributed by atoms with Crippen LogP contribution in [-0.4, -0.2) is 37.2 Å². The van der Waals surface area contributed by atoms with Crippen LogP contribution in [0.2, 0.25) is 0 Å². The van der Waals surface area contributed by atoms with E-state index in [9.17, 15) is 0 Å². The third kappa shape index (κ3) is 3.77. The molecular weight excluding hydrogens is 238 g/mol. The Labute approximate surface area is 115 Å². The van der Waals surface area contributed by atoms with Gasteiger partial charge in [-0.05, 0) is 45.0 Å². The van der Waals surface area contributed by atoms with E-state index in [0.717, 1.165) is 24.5 Å². The van der Waals surface area contributed by atoms with Crippen molar-refractivity contribution in [3.8, 4) is 5.75 Å². The fourth-order valence-corrected chi connectivity index (χ4v) is 2.60. The Kier molecular flexibility index (Phi) is 4.91. The Morgan fingerprint density at radius 1 is 1.42 bits per heavy atom. The zero-order chi connectivity index (χ0) is 13.7. The van der Waals surface area contributed by atoms with Crippen LogP contribution in [0.1, 0.15) is 26.7 Å². The molecule has 4 heteroatoms. The Morgan fingerprint density at radius 3 is 3.00 bits per heavy atom. The van der Waals surface area contributed by atoms with Gasteiger partial charge in [0.2, 0.25) is 0 Å². The standard InChI is InChI=1S/C15H25N3O/c1-3-18-9-5-6-13(11-18)17-12-7-8-14(16)15(10-12)19-4-2/h7-8,10,13,17H,3-6,9,11,16H2,1-2H3. The minimum absolute atomic E-state index is 0.520.